The zero-order valence-corrected chi connectivity index (χ0v) is 20.1. The molecule has 2 saturated heterocycles. The summed E-state index contributed by atoms with van der Waals surface area (Å²) in [6.45, 7) is 8.11. The summed E-state index contributed by atoms with van der Waals surface area (Å²) in [5.74, 6) is -0.0434. The molecule has 36 heavy (non-hydrogen) atoms. The third-order valence-electron chi connectivity index (χ3n) is 6.72. The number of piperazine rings is 1. The minimum absolute atomic E-state index is 0. The molecule has 0 unspecified atom stereocenters. The Bertz CT molecular complexity index is 950. The third kappa shape index (κ3) is 8.05. The minimum Gasteiger partial charge on any atom is -0.406 e. The highest BCUT2D eigenvalue weighted by Crippen LogP contribution is 2.25. The molecule has 0 spiro atoms. The van der Waals surface area contributed by atoms with E-state index in [2.05, 4.69) is 51.0 Å². The van der Waals surface area contributed by atoms with E-state index in [0.717, 1.165) is 51.3 Å². The van der Waals surface area contributed by atoms with Crippen molar-refractivity contribution in [3.8, 4) is 5.75 Å². The number of likely N-dealkylation sites (tertiary alicyclic amines) is 1. The number of amides is 1. The van der Waals surface area contributed by atoms with E-state index in [1.54, 1.807) is 12.1 Å². The van der Waals surface area contributed by atoms with E-state index in [1.807, 2.05) is 4.90 Å². The topological polar surface area (TPSA) is 48.0 Å². The summed E-state index contributed by atoms with van der Waals surface area (Å²) < 4.78 is 40.8. The SMILES string of the molecule is C.Cc1ccc(N2CCN(CCC(=O)N3CCC(Nc4ccc(OC(F)(F)F)cc4)CC3)CC2)cc1. The molecule has 2 fully saturated rings. The smallest absolute Gasteiger partial charge is 0.406 e. The molecule has 0 radical (unpaired) electrons. The fourth-order valence-corrected chi connectivity index (χ4v) is 4.66. The molecule has 2 aliphatic rings. The van der Waals surface area contributed by atoms with Crippen LogP contribution in [0.1, 0.15) is 32.3 Å². The molecule has 2 aromatic rings. The molecule has 2 heterocycles. The fraction of sp³-hybridized carbons (Fsp3) is 0.519. The third-order valence-corrected chi connectivity index (χ3v) is 6.72. The maximum absolute atomic E-state index is 12.7. The van der Waals surface area contributed by atoms with Crippen LogP contribution in [-0.4, -0.2) is 73.9 Å². The molecule has 2 aromatic carbocycles. The van der Waals surface area contributed by atoms with Gasteiger partial charge in [-0.2, -0.15) is 0 Å². The van der Waals surface area contributed by atoms with E-state index in [0.29, 0.717) is 19.5 Å². The minimum atomic E-state index is -4.69. The standard InChI is InChI=1S/C26H33F3N4O2.CH4/c1-20-2-6-23(7-3-20)32-18-16-31(17-19-32)13-12-25(34)33-14-10-22(11-15-33)30-21-4-8-24(9-5-21)35-26(27,28)29;/h2-9,22,30H,10-19H2,1H3;1H4. The Morgan fingerprint density at radius 2 is 1.56 bits per heavy atom. The molecule has 198 valence electrons. The van der Waals surface area contributed by atoms with Crippen LogP contribution in [0.4, 0.5) is 24.5 Å². The number of nitrogens with zero attached hydrogens (tertiary/aromatic N) is 3. The molecule has 2 aliphatic heterocycles. The van der Waals surface area contributed by atoms with E-state index in [9.17, 15) is 18.0 Å². The number of alkyl halides is 3. The molecule has 6 nitrogen and oxygen atoms in total. The van der Waals surface area contributed by atoms with Crippen LogP contribution in [0.2, 0.25) is 0 Å². The first-order valence-electron chi connectivity index (χ1n) is 12.2. The monoisotopic (exact) mass is 506 g/mol. The number of aryl methyl sites for hydroxylation is 1. The summed E-state index contributed by atoms with van der Waals surface area (Å²) in [6, 6.07) is 14.6. The summed E-state index contributed by atoms with van der Waals surface area (Å²) in [6.07, 6.45) is -2.54. The summed E-state index contributed by atoms with van der Waals surface area (Å²) in [7, 11) is 0. The Morgan fingerprint density at radius 1 is 0.944 bits per heavy atom. The number of carbonyl (C=O) groups excluding carboxylic acids is 1. The van der Waals surface area contributed by atoms with Gasteiger partial charge in [0.25, 0.3) is 0 Å². The summed E-state index contributed by atoms with van der Waals surface area (Å²) >= 11 is 0. The Balaban J connectivity index is 0.00000361. The van der Waals surface area contributed by atoms with Crippen molar-refractivity contribution in [3.63, 3.8) is 0 Å². The number of hydrogen-bond acceptors (Lipinski definition) is 5. The van der Waals surface area contributed by atoms with Gasteiger partial charge in [0.2, 0.25) is 5.91 Å². The molecular formula is C27H37F3N4O2. The fourth-order valence-electron chi connectivity index (χ4n) is 4.66. The highest BCUT2D eigenvalue weighted by molar-refractivity contribution is 5.76. The van der Waals surface area contributed by atoms with Crippen LogP contribution in [0.15, 0.2) is 48.5 Å². The maximum atomic E-state index is 12.7. The second-order valence-electron chi connectivity index (χ2n) is 9.29. The number of anilines is 2. The average Bonchev–Trinajstić information content (AvgIpc) is 2.84. The molecular weight excluding hydrogens is 469 g/mol. The molecule has 0 saturated carbocycles. The van der Waals surface area contributed by atoms with Crippen LogP contribution < -0.4 is 15.0 Å². The van der Waals surface area contributed by atoms with Crippen molar-refractivity contribution in [1.82, 2.24) is 9.80 Å². The zero-order chi connectivity index (χ0) is 24.8. The molecule has 0 bridgehead atoms. The van der Waals surface area contributed by atoms with Gasteiger partial charge in [0.1, 0.15) is 5.75 Å². The predicted molar refractivity (Wildman–Crippen MR) is 138 cm³/mol. The van der Waals surface area contributed by atoms with Crippen LogP contribution in [0.5, 0.6) is 5.75 Å². The molecule has 1 N–H and O–H groups in total. The van der Waals surface area contributed by atoms with Crippen molar-refractivity contribution in [3.05, 3.63) is 54.1 Å². The molecule has 4 rings (SSSR count). The average molecular weight is 507 g/mol. The van der Waals surface area contributed by atoms with Crippen molar-refractivity contribution in [1.29, 1.82) is 0 Å². The number of ether oxygens (including phenoxy) is 1. The Morgan fingerprint density at radius 3 is 2.14 bits per heavy atom. The number of nitrogens with one attached hydrogen (secondary N) is 1. The van der Waals surface area contributed by atoms with Gasteiger partial charge >= 0.3 is 6.36 Å². The number of piperidine rings is 1. The molecule has 0 aromatic heterocycles. The van der Waals surface area contributed by atoms with Gasteiger partial charge in [-0.3, -0.25) is 9.69 Å². The molecule has 0 aliphatic carbocycles. The zero-order valence-electron chi connectivity index (χ0n) is 20.1. The summed E-state index contributed by atoms with van der Waals surface area (Å²) in [5, 5.41) is 3.35. The van der Waals surface area contributed by atoms with Gasteiger partial charge in [0.05, 0.1) is 0 Å². The lowest BCUT2D eigenvalue weighted by atomic mass is 10.0. The van der Waals surface area contributed by atoms with Crippen LogP contribution in [0, 0.1) is 6.92 Å². The van der Waals surface area contributed by atoms with Crippen molar-refractivity contribution in [2.75, 3.05) is 56.0 Å². The van der Waals surface area contributed by atoms with Crippen LogP contribution in [0.25, 0.3) is 0 Å². The van der Waals surface area contributed by atoms with Crippen LogP contribution in [0.3, 0.4) is 0 Å². The van der Waals surface area contributed by atoms with E-state index in [1.165, 1.54) is 23.4 Å². The van der Waals surface area contributed by atoms with Crippen molar-refractivity contribution < 1.29 is 22.7 Å². The van der Waals surface area contributed by atoms with E-state index in [-0.39, 0.29) is 25.1 Å². The first-order chi connectivity index (χ1) is 16.7. The number of halogens is 3. The van der Waals surface area contributed by atoms with Crippen molar-refractivity contribution >= 4 is 17.3 Å². The van der Waals surface area contributed by atoms with Gasteiger partial charge in [0, 0.05) is 69.7 Å². The highest BCUT2D eigenvalue weighted by atomic mass is 19.4. The molecule has 0 atom stereocenters. The Hall–Kier alpha value is -2.94. The number of hydrogen-bond donors (Lipinski definition) is 1. The largest absolute Gasteiger partial charge is 0.573 e. The normalized spacial score (nSPS) is 17.4. The Kier molecular flexibility index (Phi) is 9.48. The number of benzene rings is 2. The molecule has 9 heteroatoms. The summed E-state index contributed by atoms with van der Waals surface area (Å²) in [5.41, 5.74) is 3.27. The Labute approximate surface area is 212 Å². The lowest BCUT2D eigenvalue weighted by molar-refractivity contribution is -0.274. The summed E-state index contributed by atoms with van der Waals surface area (Å²) in [4.78, 5) is 19.4. The maximum Gasteiger partial charge on any atom is 0.573 e. The quantitative estimate of drug-likeness (QED) is 0.563. The van der Waals surface area contributed by atoms with Gasteiger partial charge in [0.15, 0.2) is 0 Å². The first kappa shape index (κ1) is 27.6. The van der Waals surface area contributed by atoms with Crippen molar-refractivity contribution in [2.45, 2.75) is 46.0 Å². The van der Waals surface area contributed by atoms with E-state index >= 15 is 0 Å². The second-order valence-corrected chi connectivity index (χ2v) is 9.29. The molecule has 1 amide bonds. The van der Waals surface area contributed by atoms with Gasteiger partial charge in [-0.05, 0) is 56.2 Å². The predicted octanol–water partition coefficient (Wildman–Crippen LogP) is 5.14. The van der Waals surface area contributed by atoms with Crippen LogP contribution >= 0.6 is 0 Å². The van der Waals surface area contributed by atoms with Crippen LogP contribution in [-0.2, 0) is 4.79 Å². The lowest BCUT2D eigenvalue weighted by Crippen LogP contribution is -2.48. The second kappa shape index (κ2) is 12.3. The van der Waals surface area contributed by atoms with Crippen molar-refractivity contribution in [2.24, 2.45) is 0 Å². The van der Waals surface area contributed by atoms with Gasteiger partial charge in [-0.1, -0.05) is 25.1 Å². The van der Waals surface area contributed by atoms with Gasteiger partial charge in [-0.15, -0.1) is 13.2 Å². The first-order valence-corrected chi connectivity index (χ1v) is 12.2. The lowest BCUT2D eigenvalue weighted by Gasteiger charge is -2.37. The number of rotatable bonds is 7. The van der Waals surface area contributed by atoms with E-state index < -0.39 is 6.36 Å². The number of carbonyl (C=O) groups is 1. The highest BCUT2D eigenvalue weighted by Gasteiger charge is 2.31. The van der Waals surface area contributed by atoms with Gasteiger partial charge < -0.3 is 19.9 Å². The van der Waals surface area contributed by atoms with Gasteiger partial charge in [-0.25, -0.2) is 0 Å². The van der Waals surface area contributed by atoms with E-state index in [4.69, 9.17) is 0 Å².